The topological polar surface area (TPSA) is 90.5 Å². The molecule has 0 aromatic heterocycles. The predicted molar refractivity (Wildman–Crippen MR) is 158 cm³/mol. The van der Waals surface area contributed by atoms with Crippen molar-refractivity contribution in [1.82, 2.24) is 9.62 Å². The van der Waals surface area contributed by atoms with Gasteiger partial charge in [-0.3, -0.25) is 9.69 Å². The van der Waals surface area contributed by atoms with Crippen LogP contribution in [-0.4, -0.2) is 38.9 Å². The lowest BCUT2D eigenvalue weighted by atomic mass is 10.00. The van der Waals surface area contributed by atoms with Crippen molar-refractivity contribution in [3.05, 3.63) is 89.5 Å². The molecular formula is C31H36N4O3S. The highest BCUT2D eigenvalue weighted by atomic mass is 32.2. The highest BCUT2D eigenvalue weighted by Gasteiger charge is 2.30. The molecule has 39 heavy (non-hydrogen) atoms. The number of benzene rings is 3. The normalized spacial score (nSPS) is 17.2. The molecule has 5 rings (SSSR count). The number of sulfonamides is 1. The molecule has 8 heteroatoms. The predicted octanol–water partition coefficient (Wildman–Crippen LogP) is 5.54. The van der Waals surface area contributed by atoms with Crippen molar-refractivity contribution in [2.24, 2.45) is 5.92 Å². The molecule has 0 bridgehead atoms. The Kier molecular flexibility index (Phi) is 8.16. The zero-order valence-corrected chi connectivity index (χ0v) is 23.4. The van der Waals surface area contributed by atoms with E-state index < -0.39 is 10.0 Å². The van der Waals surface area contributed by atoms with Gasteiger partial charge in [0.05, 0.1) is 16.2 Å². The molecule has 204 valence electrons. The molecule has 3 N–H and O–H groups in total. The molecule has 2 aliphatic rings. The van der Waals surface area contributed by atoms with Gasteiger partial charge in [0.1, 0.15) is 0 Å². The fourth-order valence-electron chi connectivity index (χ4n) is 5.02. The Labute approximate surface area is 231 Å². The number of nitrogens with one attached hydrogen (secondary N) is 3. The van der Waals surface area contributed by atoms with E-state index in [9.17, 15) is 13.2 Å². The zero-order valence-electron chi connectivity index (χ0n) is 22.5. The fourth-order valence-corrected chi connectivity index (χ4v) is 6.26. The van der Waals surface area contributed by atoms with Gasteiger partial charge in [-0.05, 0) is 73.3 Å². The van der Waals surface area contributed by atoms with E-state index in [1.807, 2.05) is 56.3 Å². The van der Waals surface area contributed by atoms with Crippen molar-refractivity contribution in [3.8, 4) is 0 Å². The summed E-state index contributed by atoms with van der Waals surface area (Å²) >= 11 is 0. The minimum absolute atomic E-state index is 0.130. The highest BCUT2D eigenvalue weighted by Crippen LogP contribution is 2.38. The molecule has 1 saturated heterocycles. The molecule has 7 nitrogen and oxygen atoms in total. The van der Waals surface area contributed by atoms with Crippen LogP contribution in [0.25, 0.3) is 11.3 Å². The third kappa shape index (κ3) is 6.41. The Morgan fingerprint density at radius 2 is 1.67 bits per heavy atom. The third-order valence-corrected chi connectivity index (χ3v) is 8.54. The first-order chi connectivity index (χ1) is 18.8. The minimum atomic E-state index is -3.72. The van der Waals surface area contributed by atoms with Crippen LogP contribution >= 0.6 is 0 Å². The van der Waals surface area contributed by atoms with E-state index >= 15 is 0 Å². The minimum Gasteiger partial charge on any atom is -0.354 e. The van der Waals surface area contributed by atoms with E-state index in [0.29, 0.717) is 29.1 Å². The molecule has 3 aromatic rings. The van der Waals surface area contributed by atoms with Gasteiger partial charge in [-0.1, -0.05) is 62.7 Å². The van der Waals surface area contributed by atoms with Crippen molar-refractivity contribution >= 4 is 38.6 Å². The van der Waals surface area contributed by atoms with Gasteiger partial charge in [0.25, 0.3) is 5.91 Å². The Morgan fingerprint density at radius 1 is 0.949 bits per heavy atom. The number of likely N-dealkylation sites (tertiary alicyclic amines) is 1. The molecule has 0 radical (unpaired) electrons. The molecule has 1 fully saturated rings. The zero-order chi connectivity index (χ0) is 27.4. The first kappa shape index (κ1) is 27.1. The number of hydrogen-bond acceptors (Lipinski definition) is 5. The maximum absolute atomic E-state index is 13.3. The quantitative estimate of drug-likeness (QED) is 0.308. The number of anilines is 2. The van der Waals surface area contributed by atoms with E-state index in [1.165, 1.54) is 30.9 Å². The summed E-state index contributed by atoms with van der Waals surface area (Å²) in [7, 11) is -3.72. The lowest BCUT2D eigenvalue weighted by Gasteiger charge is -2.26. The van der Waals surface area contributed by atoms with E-state index in [4.69, 9.17) is 0 Å². The second-order valence-corrected chi connectivity index (χ2v) is 12.4. The second kappa shape index (κ2) is 11.7. The van der Waals surface area contributed by atoms with Crippen LogP contribution in [0, 0.1) is 5.92 Å². The largest absolute Gasteiger partial charge is 0.354 e. The second-order valence-electron chi connectivity index (χ2n) is 10.7. The summed E-state index contributed by atoms with van der Waals surface area (Å²) in [6, 6.07) is 22.7. The van der Waals surface area contributed by atoms with Crippen LogP contribution in [0.5, 0.6) is 0 Å². The number of rotatable bonds is 9. The van der Waals surface area contributed by atoms with Crippen LogP contribution in [-0.2, 0) is 21.4 Å². The number of piperidine rings is 1. The summed E-state index contributed by atoms with van der Waals surface area (Å²) in [5.74, 6) is -0.101. The molecule has 0 aliphatic carbocycles. The summed E-state index contributed by atoms with van der Waals surface area (Å²) < 4.78 is 28.6. The van der Waals surface area contributed by atoms with Gasteiger partial charge in [-0.2, -0.15) is 0 Å². The van der Waals surface area contributed by atoms with Gasteiger partial charge < -0.3 is 10.6 Å². The van der Waals surface area contributed by atoms with Gasteiger partial charge in [-0.25, -0.2) is 13.1 Å². The Hall–Kier alpha value is -3.46. The van der Waals surface area contributed by atoms with Crippen molar-refractivity contribution in [2.75, 3.05) is 30.3 Å². The van der Waals surface area contributed by atoms with Gasteiger partial charge >= 0.3 is 0 Å². The number of hydrogen-bond donors (Lipinski definition) is 3. The average molecular weight is 545 g/mol. The molecule has 0 saturated carbocycles. The van der Waals surface area contributed by atoms with Crippen LogP contribution in [0.15, 0.2) is 77.7 Å². The van der Waals surface area contributed by atoms with Crippen LogP contribution in [0.3, 0.4) is 0 Å². The molecule has 2 aliphatic heterocycles. The number of carbonyl (C=O) groups excluding carboxylic acids is 1. The van der Waals surface area contributed by atoms with E-state index in [2.05, 4.69) is 32.4 Å². The smallest absolute Gasteiger partial charge is 0.258 e. The van der Waals surface area contributed by atoms with E-state index in [0.717, 1.165) is 30.9 Å². The summed E-state index contributed by atoms with van der Waals surface area (Å²) in [5.41, 5.74) is 5.12. The molecule has 0 unspecified atom stereocenters. The van der Waals surface area contributed by atoms with Crippen LogP contribution in [0.2, 0.25) is 0 Å². The molecule has 0 atom stereocenters. The van der Waals surface area contributed by atoms with Crippen molar-refractivity contribution in [3.63, 3.8) is 0 Å². The number of fused-ring (bicyclic) bond motifs is 1. The van der Waals surface area contributed by atoms with Gasteiger partial charge in [0.15, 0.2) is 0 Å². The first-order valence-corrected chi connectivity index (χ1v) is 15.1. The van der Waals surface area contributed by atoms with Crippen LogP contribution < -0.4 is 15.4 Å². The molecule has 2 heterocycles. The monoisotopic (exact) mass is 544 g/mol. The SMILES string of the molecule is CC(C)CNS(=O)(=O)c1ccc2c(c1)/C(=C(/Nc1ccc(CN3CCCCC3)cc1)c1ccccc1)C(=O)N2. The Balaban J connectivity index is 1.50. The number of nitrogens with zero attached hydrogens (tertiary/aromatic N) is 1. The molecule has 3 aromatic carbocycles. The van der Waals surface area contributed by atoms with Crippen LogP contribution in [0.4, 0.5) is 11.4 Å². The van der Waals surface area contributed by atoms with Crippen molar-refractivity contribution < 1.29 is 13.2 Å². The van der Waals surface area contributed by atoms with E-state index in [-0.39, 0.29) is 16.7 Å². The fraction of sp³-hybridized carbons (Fsp3) is 0.323. The maximum atomic E-state index is 13.3. The summed E-state index contributed by atoms with van der Waals surface area (Å²) in [6.45, 7) is 7.46. The summed E-state index contributed by atoms with van der Waals surface area (Å²) in [5, 5.41) is 6.39. The standard InChI is InChI=1S/C31H36N4O3S/c1-22(2)20-32-39(37,38)26-15-16-28-27(19-26)29(31(36)34-28)30(24-9-5-3-6-10-24)33-25-13-11-23(12-14-25)21-35-17-7-4-8-18-35/h3,5-6,9-16,19,22,32-33H,4,7-8,17-18,20-21H2,1-2H3,(H,34,36)/b30-29-. The molecule has 1 amide bonds. The lowest BCUT2D eigenvalue weighted by molar-refractivity contribution is -0.110. The van der Waals surface area contributed by atoms with Crippen molar-refractivity contribution in [2.45, 2.75) is 44.6 Å². The van der Waals surface area contributed by atoms with E-state index in [1.54, 1.807) is 12.1 Å². The molecular weight excluding hydrogens is 508 g/mol. The van der Waals surface area contributed by atoms with Crippen LogP contribution in [0.1, 0.15) is 49.8 Å². The first-order valence-electron chi connectivity index (χ1n) is 13.6. The van der Waals surface area contributed by atoms with Gasteiger partial charge in [-0.15, -0.1) is 0 Å². The average Bonchev–Trinajstić information content (AvgIpc) is 3.27. The lowest BCUT2D eigenvalue weighted by Crippen LogP contribution is -2.29. The highest BCUT2D eigenvalue weighted by molar-refractivity contribution is 7.89. The summed E-state index contributed by atoms with van der Waals surface area (Å²) in [6.07, 6.45) is 3.83. The number of carbonyl (C=O) groups is 1. The third-order valence-electron chi connectivity index (χ3n) is 7.12. The Bertz CT molecular complexity index is 1460. The van der Waals surface area contributed by atoms with Gasteiger partial charge in [0, 0.05) is 30.0 Å². The molecule has 0 spiro atoms. The Morgan fingerprint density at radius 3 is 2.36 bits per heavy atom. The maximum Gasteiger partial charge on any atom is 0.258 e. The van der Waals surface area contributed by atoms with Crippen molar-refractivity contribution in [1.29, 1.82) is 0 Å². The van der Waals surface area contributed by atoms with Gasteiger partial charge in [0.2, 0.25) is 10.0 Å². The summed E-state index contributed by atoms with van der Waals surface area (Å²) in [4.78, 5) is 15.9. The number of amides is 1.